The summed E-state index contributed by atoms with van der Waals surface area (Å²) in [5.41, 5.74) is -10.5. The van der Waals surface area contributed by atoms with Gasteiger partial charge in [-0.05, 0) is 0 Å². The maximum absolute atomic E-state index is 12.2. The molecule has 0 saturated carbocycles. The van der Waals surface area contributed by atoms with E-state index in [1.54, 1.807) is 0 Å². The molecule has 0 bridgehead atoms. The Morgan fingerprint density at radius 2 is 0.690 bits per heavy atom. The zero-order valence-corrected chi connectivity index (χ0v) is 13.3. The molecule has 11 nitrogen and oxygen atoms in total. The van der Waals surface area contributed by atoms with Crippen molar-refractivity contribution in [2.45, 2.75) is 23.7 Å². The average molecular weight is 448 g/mol. The number of carboxylic acid groups (broad SMARTS) is 4. The zero-order chi connectivity index (χ0) is 23.9. The summed E-state index contributed by atoms with van der Waals surface area (Å²) in [6.07, 6.45) is -11.9. The second-order valence-electron chi connectivity index (χ2n) is 3.86. The number of hydrogen-bond donors (Lipinski definition) is 6. The van der Waals surface area contributed by atoms with E-state index in [2.05, 4.69) is 0 Å². The Morgan fingerprint density at radius 1 is 0.586 bits per heavy atom. The molecule has 0 aliphatic rings. The minimum absolute atomic E-state index is 0. The van der Waals surface area contributed by atoms with Crippen molar-refractivity contribution < 1.29 is 109 Å². The first-order valence-electron chi connectivity index (χ1n) is 5.47. The second kappa shape index (κ2) is 11.8. The Morgan fingerprint density at radius 3 is 0.690 bits per heavy atom. The van der Waals surface area contributed by atoms with Crippen LogP contribution in [0, 0.1) is 0 Å². The van der Waals surface area contributed by atoms with Gasteiger partial charge in [0, 0.05) is 0 Å². The third-order valence-corrected chi connectivity index (χ3v) is 1.96. The maximum Gasteiger partial charge on any atom is 1.00 e. The fourth-order valence-corrected chi connectivity index (χ4v) is 0.668. The topological polar surface area (TPSA) is 213 Å². The van der Waals surface area contributed by atoms with E-state index in [-0.39, 0.29) is 18.9 Å². The van der Waals surface area contributed by atoms with Crippen LogP contribution in [0.4, 0.5) is 35.1 Å². The molecule has 0 amide bonds. The summed E-state index contributed by atoms with van der Waals surface area (Å²) < 4.78 is 93.3. The van der Waals surface area contributed by atoms with Crippen LogP contribution >= 0.6 is 0 Å². The van der Waals surface area contributed by atoms with Gasteiger partial charge in [-0.15, -0.1) is 0 Å². The number of halogens is 8. The molecule has 0 rings (SSSR count). The molecule has 164 valence electrons. The fraction of sp³-hybridized carbons (Fsp3) is 0.500. The van der Waals surface area contributed by atoms with Gasteiger partial charge >= 0.3 is 73.7 Å². The van der Waals surface area contributed by atoms with Crippen molar-refractivity contribution in [3.63, 3.8) is 0 Å². The van der Waals surface area contributed by atoms with Gasteiger partial charge in [0.2, 0.25) is 0 Å². The Balaban J connectivity index is -0.000000177. The van der Waals surface area contributed by atoms with Gasteiger partial charge in [-0.1, -0.05) is 0 Å². The Labute approximate surface area is 164 Å². The van der Waals surface area contributed by atoms with E-state index < -0.39 is 54.9 Å². The quantitative estimate of drug-likeness (QED) is 0.136. The summed E-state index contributed by atoms with van der Waals surface area (Å²) >= 11 is 0. The van der Waals surface area contributed by atoms with E-state index in [4.69, 9.17) is 35.5 Å². The maximum atomic E-state index is 12.2. The third kappa shape index (κ3) is 9.27. The molecule has 0 spiro atoms. The van der Waals surface area contributed by atoms with Gasteiger partial charge in [0.1, 0.15) is 0 Å². The SMILES string of the molecule is O=C(O)C(F)(C(=O)O)C(F)(F)F.O=C(O)C(F)(C(=O)O)C(F)(F)F.[Li+].[O-]B(O)O. The van der Waals surface area contributed by atoms with Crippen LogP contribution in [0.5, 0.6) is 0 Å². The minimum Gasteiger partial charge on any atom is -0.832 e. The molecule has 0 atom stereocenters. The molecule has 29 heavy (non-hydrogen) atoms. The molecule has 0 aromatic carbocycles. The first kappa shape index (κ1) is 34.4. The van der Waals surface area contributed by atoms with Crippen LogP contribution in [0.3, 0.4) is 0 Å². The van der Waals surface area contributed by atoms with Crippen LogP contribution in [-0.2, 0) is 19.2 Å². The van der Waals surface area contributed by atoms with Crippen molar-refractivity contribution in [3.8, 4) is 0 Å². The van der Waals surface area contributed by atoms with E-state index in [0.717, 1.165) is 0 Å². The van der Waals surface area contributed by atoms with Crippen LogP contribution < -0.4 is 23.9 Å². The molecule has 0 saturated heterocycles. The summed E-state index contributed by atoms with van der Waals surface area (Å²) in [4.78, 5) is 38.5. The number of carbonyl (C=O) groups is 4. The molecule has 0 radical (unpaired) electrons. The third-order valence-electron chi connectivity index (χ3n) is 1.96. The molecular formula is C8H6BF8LiO11. The fourth-order valence-electron chi connectivity index (χ4n) is 0.668. The number of alkyl halides is 8. The Bertz CT molecular complexity index is 514. The summed E-state index contributed by atoms with van der Waals surface area (Å²) in [7, 11) is -2.42. The largest absolute Gasteiger partial charge is 1.00 e. The first-order valence-corrected chi connectivity index (χ1v) is 5.47. The zero-order valence-electron chi connectivity index (χ0n) is 13.3. The summed E-state index contributed by atoms with van der Waals surface area (Å²) in [6, 6.07) is 0. The van der Waals surface area contributed by atoms with Crippen molar-refractivity contribution in [1.82, 2.24) is 0 Å². The van der Waals surface area contributed by atoms with Gasteiger partial charge in [-0.3, -0.25) is 0 Å². The van der Waals surface area contributed by atoms with E-state index in [1.165, 1.54) is 0 Å². The summed E-state index contributed by atoms with van der Waals surface area (Å²) in [5, 5.41) is 53.4. The predicted molar refractivity (Wildman–Crippen MR) is 60.5 cm³/mol. The molecule has 0 unspecified atom stereocenters. The molecule has 0 aliphatic carbocycles. The summed E-state index contributed by atoms with van der Waals surface area (Å²) in [6.45, 7) is 0. The predicted octanol–water partition coefficient (Wildman–Crippen LogP) is -4.83. The normalized spacial score (nSPS) is 11.4. The minimum atomic E-state index is -5.97. The van der Waals surface area contributed by atoms with E-state index in [1.807, 2.05) is 0 Å². The molecule has 0 aromatic heterocycles. The van der Waals surface area contributed by atoms with Crippen LogP contribution in [0.25, 0.3) is 0 Å². The van der Waals surface area contributed by atoms with Gasteiger partial charge in [0.15, 0.2) is 0 Å². The van der Waals surface area contributed by atoms with Gasteiger partial charge in [0.05, 0.1) is 0 Å². The van der Waals surface area contributed by atoms with Crippen molar-refractivity contribution in [3.05, 3.63) is 0 Å². The van der Waals surface area contributed by atoms with Gasteiger partial charge in [-0.2, -0.15) is 26.3 Å². The van der Waals surface area contributed by atoms with Gasteiger partial charge in [0.25, 0.3) is 0 Å². The van der Waals surface area contributed by atoms with Crippen molar-refractivity contribution in [2.75, 3.05) is 0 Å². The molecule has 0 heterocycles. The molecule has 0 aromatic rings. The number of carboxylic acids is 4. The standard InChI is InChI=1S/2C4H2F4O4.BH2O3.Li/c2*5-3(1(9)10,2(11)12)4(6,7)8;2-1(3)4;/h2*(H,9,10)(H,11,12);2-3H;/q;;-1;+1. The van der Waals surface area contributed by atoms with E-state index in [0.29, 0.717) is 0 Å². The molecule has 0 fully saturated rings. The molecule has 6 N–H and O–H groups in total. The number of hydrogen-bond acceptors (Lipinski definition) is 7. The Hall–Kier alpha value is -2.14. The molecule has 21 heteroatoms. The second-order valence-corrected chi connectivity index (χ2v) is 3.86. The molecular weight excluding hydrogens is 442 g/mol. The number of rotatable bonds is 4. The molecule has 0 aliphatic heterocycles. The van der Waals surface area contributed by atoms with Crippen molar-refractivity contribution in [2.24, 2.45) is 0 Å². The van der Waals surface area contributed by atoms with Gasteiger partial charge < -0.3 is 35.5 Å². The smallest absolute Gasteiger partial charge is 0.832 e. The summed E-state index contributed by atoms with van der Waals surface area (Å²) in [5.74, 6) is -12.4. The van der Waals surface area contributed by atoms with Gasteiger partial charge in [-0.25, -0.2) is 28.0 Å². The van der Waals surface area contributed by atoms with Crippen molar-refractivity contribution in [1.29, 1.82) is 0 Å². The number of aliphatic carboxylic acids is 4. The van der Waals surface area contributed by atoms with Crippen LogP contribution in [-0.4, -0.2) is 85.4 Å². The van der Waals surface area contributed by atoms with Crippen molar-refractivity contribution >= 4 is 31.2 Å². The van der Waals surface area contributed by atoms with Crippen LogP contribution in [0.1, 0.15) is 0 Å². The van der Waals surface area contributed by atoms with Crippen LogP contribution in [0.15, 0.2) is 0 Å². The van der Waals surface area contributed by atoms with E-state index in [9.17, 15) is 54.3 Å². The first-order chi connectivity index (χ1) is 12.0. The average Bonchev–Trinajstić information content (AvgIpc) is 2.41. The van der Waals surface area contributed by atoms with E-state index >= 15 is 0 Å². The Kier molecular flexibility index (Phi) is 13.9. The monoisotopic (exact) mass is 448 g/mol. The van der Waals surface area contributed by atoms with Crippen LogP contribution in [0.2, 0.25) is 0 Å².